The molecule has 0 unspecified atom stereocenters. The van der Waals surface area contributed by atoms with Crippen molar-refractivity contribution in [1.29, 1.82) is 0 Å². The standard InChI is InChI=1S/C31H35N3O5S/c1-4-18(2)27(33(19(3)35)15-14-22-17-40-26-11-6-5-10-23(22)26)29(36)32-24-13-12-20-8-7-9-21-16-25(31(38)39)34(28(20)21)30(24)37/h5-11,17-18,24-25,27H,4,12-16H2,1-3H3,(H,32,36)(H,38,39)/t18-,24-,25-,27-/m0/s1. The van der Waals surface area contributed by atoms with Gasteiger partial charge in [0.1, 0.15) is 18.1 Å². The van der Waals surface area contributed by atoms with E-state index in [4.69, 9.17) is 0 Å². The molecule has 0 bridgehead atoms. The second-order valence-electron chi connectivity index (χ2n) is 10.8. The van der Waals surface area contributed by atoms with Gasteiger partial charge in [0.15, 0.2) is 0 Å². The van der Waals surface area contributed by atoms with Crippen LogP contribution in [0, 0.1) is 5.92 Å². The topological polar surface area (TPSA) is 107 Å². The maximum absolute atomic E-state index is 13.9. The minimum absolute atomic E-state index is 0.147. The van der Waals surface area contributed by atoms with E-state index in [2.05, 4.69) is 22.8 Å². The number of rotatable bonds is 9. The van der Waals surface area contributed by atoms with Crippen LogP contribution in [0.1, 0.15) is 50.3 Å². The number of thiophene rings is 1. The molecule has 0 saturated carbocycles. The van der Waals surface area contributed by atoms with Crippen LogP contribution < -0.4 is 10.2 Å². The Balaban J connectivity index is 1.38. The summed E-state index contributed by atoms with van der Waals surface area (Å²) < 4.78 is 1.18. The molecule has 0 fully saturated rings. The predicted octanol–water partition coefficient (Wildman–Crippen LogP) is 4.18. The quantitative estimate of drug-likeness (QED) is 0.408. The van der Waals surface area contributed by atoms with Gasteiger partial charge in [-0.05, 0) is 58.7 Å². The van der Waals surface area contributed by atoms with E-state index in [1.165, 1.54) is 16.5 Å². The van der Waals surface area contributed by atoms with E-state index in [0.717, 1.165) is 22.1 Å². The number of para-hydroxylation sites is 1. The molecule has 3 heterocycles. The molecule has 0 aliphatic carbocycles. The number of amides is 3. The highest BCUT2D eigenvalue weighted by atomic mass is 32.1. The largest absolute Gasteiger partial charge is 0.480 e. The number of aryl methyl sites for hydroxylation is 1. The number of aliphatic carboxylic acids is 1. The van der Waals surface area contributed by atoms with Crippen molar-refractivity contribution in [2.75, 3.05) is 11.4 Å². The molecule has 4 atom stereocenters. The molecular weight excluding hydrogens is 526 g/mol. The van der Waals surface area contributed by atoms with Gasteiger partial charge >= 0.3 is 5.97 Å². The number of carboxylic acids is 1. The van der Waals surface area contributed by atoms with Crippen LogP contribution in [-0.2, 0) is 38.4 Å². The van der Waals surface area contributed by atoms with Crippen LogP contribution in [0.15, 0.2) is 47.8 Å². The molecule has 2 aliphatic heterocycles. The van der Waals surface area contributed by atoms with Gasteiger partial charge < -0.3 is 15.3 Å². The van der Waals surface area contributed by atoms with Crippen LogP contribution in [0.2, 0.25) is 0 Å². The average Bonchev–Trinajstić information content (AvgIpc) is 3.50. The molecule has 210 valence electrons. The fourth-order valence-electron chi connectivity index (χ4n) is 6.11. The summed E-state index contributed by atoms with van der Waals surface area (Å²) in [5.41, 5.74) is 3.56. The van der Waals surface area contributed by atoms with E-state index in [0.29, 0.717) is 37.9 Å². The average molecular weight is 562 g/mol. The maximum Gasteiger partial charge on any atom is 0.327 e. The Bertz CT molecular complexity index is 1470. The number of nitrogens with one attached hydrogen (secondary N) is 1. The Labute approximate surface area is 238 Å². The first-order chi connectivity index (χ1) is 19.2. The molecule has 2 N–H and O–H groups in total. The van der Waals surface area contributed by atoms with Crippen LogP contribution in [0.25, 0.3) is 10.1 Å². The number of nitrogens with zero attached hydrogens (tertiary/aromatic N) is 2. The number of hydrogen-bond acceptors (Lipinski definition) is 5. The Hall–Kier alpha value is -3.72. The Morgan fingerprint density at radius 2 is 1.90 bits per heavy atom. The minimum atomic E-state index is -1.07. The molecule has 0 saturated heterocycles. The fourth-order valence-corrected chi connectivity index (χ4v) is 7.11. The molecule has 8 nitrogen and oxygen atoms in total. The Morgan fingerprint density at radius 1 is 1.15 bits per heavy atom. The molecule has 5 rings (SSSR count). The van der Waals surface area contributed by atoms with Gasteiger partial charge in [-0.1, -0.05) is 56.7 Å². The summed E-state index contributed by atoms with van der Waals surface area (Å²) in [6, 6.07) is 11.2. The zero-order valence-electron chi connectivity index (χ0n) is 23.1. The van der Waals surface area contributed by atoms with Crippen molar-refractivity contribution in [3.63, 3.8) is 0 Å². The SMILES string of the molecule is CC[C@H](C)[C@@H](C(=O)N[C@H]1CCc2cccc3c2N(C1=O)[C@H](C(=O)O)C3)N(CCc1csc2ccccc12)C(C)=O. The Kier molecular flexibility index (Phi) is 7.94. The molecule has 1 aromatic heterocycles. The highest BCUT2D eigenvalue weighted by molar-refractivity contribution is 7.17. The van der Waals surface area contributed by atoms with Crippen LogP contribution in [0.4, 0.5) is 5.69 Å². The van der Waals surface area contributed by atoms with Crippen molar-refractivity contribution in [3.05, 3.63) is 64.5 Å². The van der Waals surface area contributed by atoms with E-state index < -0.39 is 30.0 Å². The molecule has 3 amide bonds. The highest BCUT2D eigenvalue weighted by Gasteiger charge is 2.45. The number of anilines is 1. The second-order valence-corrected chi connectivity index (χ2v) is 11.8. The van der Waals surface area contributed by atoms with E-state index in [1.54, 1.807) is 16.2 Å². The minimum Gasteiger partial charge on any atom is -0.480 e. The van der Waals surface area contributed by atoms with Crippen molar-refractivity contribution in [3.8, 4) is 0 Å². The summed E-state index contributed by atoms with van der Waals surface area (Å²) in [4.78, 5) is 55.7. The zero-order chi connectivity index (χ0) is 28.6. The summed E-state index contributed by atoms with van der Waals surface area (Å²) in [7, 11) is 0. The second kappa shape index (κ2) is 11.4. The zero-order valence-corrected chi connectivity index (χ0v) is 23.9. The first-order valence-electron chi connectivity index (χ1n) is 13.9. The van der Waals surface area contributed by atoms with Crippen molar-refractivity contribution in [1.82, 2.24) is 10.2 Å². The van der Waals surface area contributed by atoms with Gasteiger partial charge in [-0.15, -0.1) is 11.3 Å². The van der Waals surface area contributed by atoms with Gasteiger partial charge in [0.25, 0.3) is 0 Å². The van der Waals surface area contributed by atoms with Crippen molar-refractivity contribution in [2.24, 2.45) is 5.92 Å². The van der Waals surface area contributed by atoms with Crippen LogP contribution in [-0.4, -0.2) is 58.4 Å². The molecule has 2 aromatic carbocycles. The first-order valence-corrected chi connectivity index (χ1v) is 14.8. The van der Waals surface area contributed by atoms with Gasteiger partial charge in [-0.2, -0.15) is 0 Å². The first kappa shape index (κ1) is 27.8. The lowest BCUT2D eigenvalue weighted by atomic mass is 9.95. The number of hydrogen-bond donors (Lipinski definition) is 2. The van der Waals surface area contributed by atoms with Gasteiger partial charge in [-0.3, -0.25) is 19.3 Å². The number of fused-ring (bicyclic) bond motifs is 1. The number of benzene rings is 2. The summed E-state index contributed by atoms with van der Waals surface area (Å²) in [5, 5.41) is 16.1. The molecule has 0 radical (unpaired) electrons. The van der Waals surface area contributed by atoms with Gasteiger partial charge in [-0.25, -0.2) is 4.79 Å². The number of carbonyl (C=O) groups excluding carboxylic acids is 3. The van der Waals surface area contributed by atoms with Crippen LogP contribution in [0.5, 0.6) is 0 Å². The molecule has 0 spiro atoms. The lowest BCUT2D eigenvalue weighted by Crippen LogP contribution is -2.58. The maximum atomic E-state index is 13.9. The van der Waals surface area contributed by atoms with Crippen LogP contribution in [0.3, 0.4) is 0 Å². The third-order valence-corrected chi connectivity index (χ3v) is 9.40. The van der Waals surface area contributed by atoms with Crippen molar-refractivity contribution < 1.29 is 24.3 Å². The number of carbonyl (C=O) groups is 4. The molecule has 3 aromatic rings. The van der Waals surface area contributed by atoms with Gasteiger partial charge in [0.05, 0.1) is 5.69 Å². The summed E-state index contributed by atoms with van der Waals surface area (Å²) in [5.74, 6) is -2.20. The molecule has 2 aliphatic rings. The normalized spacial score (nSPS) is 19.6. The van der Waals surface area contributed by atoms with Crippen LogP contribution >= 0.6 is 11.3 Å². The molecule has 9 heteroatoms. The molecule has 40 heavy (non-hydrogen) atoms. The van der Waals surface area contributed by atoms with E-state index >= 15 is 0 Å². The Morgan fingerprint density at radius 3 is 2.62 bits per heavy atom. The summed E-state index contributed by atoms with van der Waals surface area (Å²) >= 11 is 1.66. The summed E-state index contributed by atoms with van der Waals surface area (Å²) in [6.45, 7) is 5.77. The number of carboxylic acid groups (broad SMARTS) is 1. The van der Waals surface area contributed by atoms with Crippen molar-refractivity contribution in [2.45, 2.75) is 71.0 Å². The van der Waals surface area contributed by atoms with E-state index in [9.17, 15) is 24.3 Å². The predicted molar refractivity (Wildman–Crippen MR) is 155 cm³/mol. The van der Waals surface area contributed by atoms with Crippen molar-refractivity contribution >= 4 is 50.8 Å². The smallest absolute Gasteiger partial charge is 0.327 e. The third kappa shape index (κ3) is 5.10. The molecular formula is C31H35N3O5S. The highest BCUT2D eigenvalue weighted by Crippen LogP contribution is 2.39. The third-order valence-electron chi connectivity index (χ3n) is 8.38. The van der Waals surface area contributed by atoms with Gasteiger partial charge in [0, 0.05) is 24.6 Å². The van der Waals surface area contributed by atoms with Gasteiger partial charge in [0.2, 0.25) is 17.7 Å². The van der Waals surface area contributed by atoms with E-state index in [-0.39, 0.29) is 24.2 Å². The lowest BCUT2D eigenvalue weighted by molar-refractivity contribution is -0.142. The monoisotopic (exact) mass is 561 g/mol. The fraction of sp³-hybridized carbons (Fsp3) is 0.419. The lowest BCUT2D eigenvalue weighted by Gasteiger charge is -2.35. The summed E-state index contributed by atoms with van der Waals surface area (Å²) in [6.07, 6.45) is 2.42. The van der Waals surface area contributed by atoms with E-state index in [1.807, 2.05) is 44.2 Å².